The Hall–Kier alpha value is -0.800. The van der Waals surface area contributed by atoms with E-state index in [0.29, 0.717) is 12.1 Å². The summed E-state index contributed by atoms with van der Waals surface area (Å²) in [5, 5.41) is 3.42. The average Bonchev–Trinajstić information content (AvgIpc) is 2.80. The second-order valence-corrected chi connectivity index (χ2v) is 6.41. The van der Waals surface area contributed by atoms with Gasteiger partial charge in [0.05, 0.1) is 6.54 Å². The van der Waals surface area contributed by atoms with E-state index in [-0.39, 0.29) is 0 Å². The molecule has 1 aromatic heterocycles. The number of nitrogens with one attached hydrogen (secondary N) is 1. The maximum Gasteiger partial charge on any atom is 0.118 e. The van der Waals surface area contributed by atoms with Gasteiger partial charge in [0, 0.05) is 24.2 Å². The molecule has 1 heterocycles. The standard InChI is InChI=1S/C18H34N2O/c1-7-9-10-20(15(5)8-2)13-17-11-18(21-16(17)6)12-19-14(3)4/h11,14-15,19H,7-10,12-13H2,1-6H3. The number of hydrogen-bond acceptors (Lipinski definition) is 3. The van der Waals surface area contributed by atoms with Gasteiger partial charge in [0.1, 0.15) is 11.5 Å². The number of unbranched alkanes of at least 4 members (excludes halogenated alkanes) is 1. The van der Waals surface area contributed by atoms with Crippen LogP contribution in [0.1, 0.15) is 71.0 Å². The van der Waals surface area contributed by atoms with Crippen LogP contribution in [0, 0.1) is 6.92 Å². The van der Waals surface area contributed by atoms with Gasteiger partial charge < -0.3 is 9.73 Å². The highest BCUT2D eigenvalue weighted by Gasteiger charge is 2.16. The lowest BCUT2D eigenvalue weighted by Crippen LogP contribution is -2.33. The molecule has 0 saturated carbocycles. The van der Waals surface area contributed by atoms with Crippen molar-refractivity contribution in [2.45, 2.75) is 86.0 Å². The Kier molecular flexibility index (Phi) is 8.05. The smallest absolute Gasteiger partial charge is 0.118 e. The molecular formula is C18H34N2O. The van der Waals surface area contributed by atoms with Crippen LogP contribution in [0.15, 0.2) is 10.5 Å². The maximum atomic E-state index is 5.89. The fourth-order valence-electron chi connectivity index (χ4n) is 2.43. The van der Waals surface area contributed by atoms with E-state index in [0.717, 1.165) is 24.6 Å². The van der Waals surface area contributed by atoms with E-state index < -0.39 is 0 Å². The lowest BCUT2D eigenvalue weighted by Gasteiger charge is -2.28. The van der Waals surface area contributed by atoms with Crippen molar-refractivity contribution >= 4 is 0 Å². The van der Waals surface area contributed by atoms with Crippen molar-refractivity contribution < 1.29 is 4.42 Å². The fraction of sp³-hybridized carbons (Fsp3) is 0.778. The molecule has 0 bridgehead atoms. The largest absolute Gasteiger partial charge is 0.465 e. The zero-order valence-electron chi connectivity index (χ0n) is 14.8. The molecule has 0 fully saturated rings. The third-order valence-corrected chi connectivity index (χ3v) is 4.14. The van der Waals surface area contributed by atoms with Crippen LogP contribution in [0.25, 0.3) is 0 Å². The minimum absolute atomic E-state index is 0.486. The van der Waals surface area contributed by atoms with Crippen molar-refractivity contribution in [3.8, 4) is 0 Å². The highest BCUT2D eigenvalue weighted by Crippen LogP contribution is 2.19. The monoisotopic (exact) mass is 294 g/mol. The number of aryl methyl sites for hydroxylation is 1. The van der Waals surface area contributed by atoms with Gasteiger partial charge in [-0.2, -0.15) is 0 Å². The number of rotatable bonds is 10. The lowest BCUT2D eigenvalue weighted by atomic mass is 10.1. The molecule has 0 saturated heterocycles. The van der Waals surface area contributed by atoms with Gasteiger partial charge >= 0.3 is 0 Å². The summed E-state index contributed by atoms with van der Waals surface area (Å²) in [6.45, 7) is 16.3. The molecule has 1 atom stereocenters. The van der Waals surface area contributed by atoms with Crippen LogP contribution in [-0.2, 0) is 13.1 Å². The van der Waals surface area contributed by atoms with Gasteiger partial charge in [0.2, 0.25) is 0 Å². The molecule has 21 heavy (non-hydrogen) atoms. The molecule has 3 heteroatoms. The summed E-state index contributed by atoms with van der Waals surface area (Å²) in [5.74, 6) is 2.12. The Morgan fingerprint density at radius 3 is 2.52 bits per heavy atom. The molecule has 3 nitrogen and oxygen atoms in total. The first-order chi connectivity index (χ1) is 9.97. The van der Waals surface area contributed by atoms with E-state index in [1.165, 1.54) is 31.4 Å². The summed E-state index contributed by atoms with van der Waals surface area (Å²) in [6.07, 6.45) is 3.71. The van der Waals surface area contributed by atoms with E-state index in [4.69, 9.17) is 4.42 Å². The quantitative estimate of drug-likeness (QED) is 0.689. The third-order valence-electron chi connectivity index (χ3n) is 4.14. The van der Waals surface area contributed by atoms with Crippen molar-refractivity contribution in [3.63, 3.8) is 0 Å². The topological polar surface area (TPSA) is 28.4 Å². The molecule has 0 spiro atoms. The first-order valence-electron chi connectivity index (χ1n) is 8.53. The normalized spacial score (nSPS) is 13.3. The summed E-state index contributed by atoms with van der Waals surface area (Å²) in [5.41, 5.74) is 1.34. The maximum absolute atomic E-state index is 5.89. The molecule has 122 valence electrons. The van der Waals surface area contributed by atoms with Crippen molar-refractivity contribution in [2.24, 2.45) is 0 Å². The van der Waals surface area contributed by atoms with Gasteiger partial charge in [-0.05, 0) is 39.3 Å². The fourth-order valence-corrected chi connectivity index (χ4v) is 2.43. The van der Waals surface area contributed by atoms with Crippen LogP contribution in [0.3, 0.4) is 0 Å². The second-order valence-electron chi connectivity index (χ2n) is 6.41. The molecular weight excluding hydrogens is 260 g/mol. The van der Waals surface area contributed by atoms with E-state index in [9.17, 15) is 0 Å². The van der Waals surface area contributed by atoms with Gasteiger partial charge in [-0.3, -0.25) is 4.90 Å². The van der Waals surface area contributed by atoms with E-state index in [1.807, 2.05) is 0 Å². The van der Waals surface area contributed by atoms with Crippen molar-refractivity contribution in [3.05, 3.63) is 23.2 Å². The SMILES string of the molecule is CCCCN(Cc1cc(CNC(C)C)oc1C)C(C)CC. The summed E-state index contributed by atoms with van der Waals surface area (Å²) in [7, 11) is 0. The Bertz CT molecular complexity index is 398. The molecule has 1 unspecified atom stereocenters. The minimum Gasteiger partial charge on any atom is -0.465 e. The molecule has 1 rings (SSSR count). The van der Waals surface area contributed by atoms with Gasteiger partial charge in [-0.1, -0.05) is 34.1 Å². The van der Waals surface area contributed by atoms with Gasteiger partial charge in [-0.15, -0.1) is 0 Å². The van der Waals surface area contributed by atoms with Gasteiger partial charge in [0.15, 0.2) is 0 Å². The molecule has 1 aromatic rings. The van der Waals surface area contributed by atoms with Gasteiger partial charge in [0.25, 0.3) is 0 Å². The second kappa shape index (κ2) is 9.26. The molecule has 0 aliphatic rings. The highest BCUT2D eigenvalue weighted by atomic mass is 16.3. The van der Waals surface area contributed by atoms with Crippen LogP contribution in [0.4, 0.5) is 0 Å². The zero-order chi connectivity index (χ0) is 15.8. The molecule has 0 radical (unpaired) electrons. The predicted octanol–water partition coefficient (Wildman–Crippen LogP) is 4.49. The van der Waals surface area contributed by atoms with E-state index in [2.05, 4.69) is 57.8 Å². The summed E-state index contributed by atoms with van der Waals surface area (Å²) >= 11 is 0. The average molecular weight is 294 g/mol. The molecule has 0 aromatic carbocycles. The Morgan fingerprint density at radius 1 is 1.24 bits per heavy atom. The van der Waals surface area contributed by atoms with E-state index in [1.54, 1.807) is 0 Å². The molecule has 0 aliphatic heterocycles. The predicted molar refractivity (Wildman–Crippen MR) is 90.5 cm³/mol. The van der Waals surface area contributed by atoms with Crippen LogP contribution >= 0.6 is 0 Å². The Balaban J connectivity index is 2.69. The van der Waals surface area contributed by atoms with Crippen LogP contribution in [-0.4, -0.2) is 23.5 Å². The van der Waals surface area contributed by atoms with Crippen molar-refractivity contribution in [1.29, 1.82) is 0 Å². The highest BCUT2D eigenvalue weighted by molar-refractivity contribution is 5.21. The van der Waals surface area contributed by atoms with Crippen LogP contribution in [0.2, 0.25) is 0 Å². The van der Waals surface area contributed by atoms with Crippen LogP contribution in [0.5, 0.6) is 0 Å². The van der Waals surface area contributed by atoms with E-state index >= 15 is 0 Å². The summed E-state index contributed by atoms with van der Waals surface area (Å²) < 4.78 is 5.89. The van der Waals surface area contributed by atoms with Crippen molar-refractivity contribution in [1.82, 2.24) is 10.2 Å². The van der Waals surface area contributed by atoms with Gasteiger partial charge in [-0.25, -0.2) is 0 Å². The number of furan rings is 1. The first-order valence-corrected chi connectivity index (χ1v) is 8.53. The molecule has 0 aliphatic carbocycles. The minimum atomic E-state index is 0.486. The molecule has 1 N–H and O–H groups in total. The first kappa shape index (κ1) is 18.2. The summed E-state index contributed by atoms with van der Waals surface area (Å²) in [6, 6.07) is 3.34. The zero-order valence-corrected chi connectivity index (χ0v) is 14.8. The third kappa shape index (κ3) is 6.23. The Morgan fingerprint density at radius 2 is 1.95 bits per heavy atom. The van der Waals surface area contributed by atoms with Crippen molar-refractivity contribution in [2.75, 3.05) is 6.54 Å². The number of nitrogens with zero attached hydrogens (tertiary/aromatic N) is 1. The summed E-state index contributed by atoms with van der Waals surface area (Å²) in [4.78, 5) is 2.58. The Labute approximate surface area is 131 Å². The lowest BCUT2D eigenvalue weighted by molar-refractivity contribution is 0.191. The molecule has 0 amide bonds. The number of hydrogen-bond donors (Lipinski definition) is 1. The van der Waals surface area contributed by atoms with Crippen LogP contribution < -0.4 is 5.32 Å².